The molecule has 382 valence electrons. The van der Waals surface area contributed by atoms with Crippen LogP contribution in [-0.2, 0) is 0 Å². The Hall–Kier alpha value is -9.89. The van der Waals surface area contributed by atoms with Gasteiger partial charge in [-0.25, -0.2) is 19.9 Å². The molecule has 0 amide bonds. The zero-order valence-corrected chi connectivity index (χ0v) is 46.6. The largest absolute Gasteiger partial charge is 0.310 e. The fourth-order valence-corrected chi connectivity index (χ4v) is 17.8. The lowest BCUT2D eigenvalue weighted by molar-refractivity contribution is 1.15. The molecule has 12 heteroatoms. The maximum absolute atomic E-state index is 5.34. The average Bonchev–Trinajstić information content (AvgIpc) is 3.10. The number of rotatable bonds is 9. The lowest BCUT2D eigenvalue weighted by Gasteiger charge is -2.43. The fraction of sp³-hybridized carbons (Fsp3) is 0.0588. The van der Waals surface area contributed by atoms with Gasteiger partial charge in [-0.1, -0.05) is 135 Å². The van der Waals surface area contributed by atoms with Crippen LogP contribution in [0.4, 0.5) is 34.1 Å². The van der Waals surface area contributed by atoms with Crippen LogP contribution < -0.4 is 30.5 Å². The van der Waals surface area contributed by atoms with Crippen LogP contribution in [-0.4, -0.2) is 56.0 Å². The summed E-state index contributed by atoms with van der Waals surface area (Å²) in [6.07, 6.45) is 10.8. The molecule has 6 aromatic carbocycles. The highest BCUT2D eigenvalue weighted by molar-refractivity contribution is 7.03. The van der Waals surface area contributed by atoms with Crippen LogP contribution in [0.2, 0.25) is 26.2 Å². The average molecular weight is 1070 g/mol. The highest BCUT2D eigenvalue weighted by atomic mass is 28.3. The van der Waals surface area contributed by atoms with E-state index in [2.05, 4.69) is 192 Å². The quantitative estimate of drug-likeness (QED) is 0.130. The standard InChI is InChI=1S/C68H52N10Si2/c1-79(2)63-27-9-5-23-57(63)77(58-24-6-10-28-64(58)79)61-39-45(53-41-55(51-21-13-15-37-71-51)75-67(73-53)47-19-17-35-69-43-47)31-33-49(61)50-34-32-46(54-42-56(52-22-14-16-38-72-52)76-68(74-54)48-20-18-36-70-44-48)40-62(50)78-59-25-7-11-29-65(59)80(3,4)66-30-12-8-26-60(66)78/h5-44H,1-4H3. The Balaban J connectivity index is 1.07. The molecule has 0 N–H and O–H groups in total. The summed E-state index contributed by atoms with van der Waals surface area (Å²) in [4.78, 5) is 44.4. The van der Waals surface area contributed by atoms with Crippen molar-refractivity contribution in [3.63, 3.8) is 0 Å². The summed E-state index contributed by atoms with van der Waals surface area (Å²) in [5.74, 6) is 1.13. The maximum atomic E-state index is 5.34. The second-order valence-electron chi connectivity index (χ2n) is 21.3. The molecule has 80 heavy (non-hydrogen) atoms. The van der Waals surface area contributed by atoms with Crippen molar-refractivity contribution in [3.8, 4) is 79.2 Å². The summed E-state index contributed by atoms with van der Waals surface area (Å²) in [5, 5.41) is 5.47. The number of aromatic nitrogens is 8. The first-order chi connectivity index (χ1) is 39.2. The molecule has 2 aliphatic heterocycles. The number of anilines is 6. The van der Waals surface area contributed by atoms with E-state index in [1.165, 1.54) is 43.5 Å². The van der Waals surface area contributed by atoms with Crippen molar-refractivity contribution >= 4 is 71.0 Å². The van der Waals surface area contributed by atoms with Gasteiger partial charge in [-0.05, 0) is 118 Å². The Kier molecular flexibility index (Phi) is 11.8. The third-order valence-corrected chi connectivity index (χ3v) is 22.9. The van der Waals surface area contributed by atoms with Gasteiger partial charge in [0.2, 0.25) is 0 Å². The molecule has 0 atom stereocenters. The first-order valence-electron chi connectivity index (χ1n) is 26.9. The van der Waals surface area contributed by atoms with E-state index in [-0.39, 0.29) is 0 Å². The number of hydrogen-bond donors (Lipinski definition) is 0. The smallest absolute Gasteiger partial charge is 0.162 e. The topological polar surface area (TPSA) is 110 Å². The van der Waals surface area contributed by atoms with Crippen molar-refractivity contribution in [2.75, 3.05) is 9.80 Å². The third-order valence-electron chi connectivity index (χ3n) is 15.8. The van der Waals surface area contributed by atoms with Crippen molar-refractivity contribution in [1.82, 2.24) is 39.9 Å². The zero-order chi connectivity index (χ0) is 54.0. The molecule has 0 aliphatic carbocycles. The van der Waals surface area contributed by atoms with Gasteiger partial charge in [-0.15, -0.1) is 0 Å². The lowest BCUT2D eigenvalue weighted by atomic mass is 9.94. The molecular formula is C68H52N10Si2. The van der Waals surface area contributed by atoms with Crippen LogP contribution in [0.15, 0.2) is 243 Å². The first kappa shape index (κ1) is 48.5. The van der Waals surface area contributed by atoms with Crippen LogP contribution in [0.3, 0.4) is 0 Å². The molecule has 6 aromatic heterocycles. The molecule has 12 aromatic rings. The van der Waals surface area contributed by atoms with Crippen molar-refractivity contribution in [1.29, 1.82) is 0 Å². The van der Waals surface area contributed by atoms with Crippen molar-refractivity contribution < 1.29 is 0 Å². The summed E-state index contributed by atoms with van der Waals surface area (Å²) >= 11 is 0. The molecule has 14 rings (SSSR count). The van der Waals surface area contributed by atoms with E-state index < -0.39 is 16.1 Å². The number of benzene rings is 6. The maximum Gasteiger partial charge on any atom is 0.162 e. The second kappa shape index (κ2) is 19.5. The summed E-state index contributed by atoms with van der Waals surface area (Å²) in [6, 6.07) is 73.4. The monoisotopic (exact) mass is 1060 g/mol. The van der Waals surface area contributed by atoms with E-state index in [1.807, 2.05) is 73.1 Å². The van der Waals surface area contributed by atoms with Crippen LogP contribution in [0.1, 0.15) is 0 Å². The van der Waals surface area contributed by atoms with Gasteiger partial charge < -0.3 is 9.80 Å². The zero-order valence-electron chi connectivity index (χ0n) is 44.6. The highest BCUT2D eigenvalue weighted by Crippen LogP contribution is 2.50. The second-order valence-corrected chi connectivity index (χ2v) is 29.9. The molecule has 8 heterocycles. The van der Waals surface area contributed by atoms with Crippen molar-refractivity contribution in [2.24, 2.45) is 0 Å². The summed E-state index contributed by atoms with van der Waals surface area (Å²) in [7, 11) is -4.41. The van der Waals surface area contributed by atoms with E-state index in [0.717, 1.165) is 78.9 Å². The molecule has 10 nitrogen and oxygen atoms in total. The number of pyridine rings is 4. The van der Waals surface area contributed by atoms with E-state index in [9.17, 15) is 0 Å². The Labute approximate surface area is 467 Å². The van der Waals surface area contributed by atoms with Gasteiger partial charge in [0.15, 0.2) is 11.6 Å². The molecule has 0 saturated carbocycles. The van der Waals surface area contributed by atoms with E-state index >= 15 is 0 Å². The summed E-state index contributed by atoms with van der Waals surface area (Å²) in [6.45, 7) is 9.88. The molecule has 2 aliphatic rings. The van der Waals surface area contributed by atoms with E-state index in [4.69, 9.17) is 29.9 Å². The molecule has 0 saturated heterocycles. The van der Waals surface area contributed by atoms with E-state index in [0.29, 0.717) is 11.6 Å². The van der Waals surface area contributed by atoms with Gasteiger partial charge in [-0.3, -0.25) is 19.9 Å². The Morgan fingerprint density at radius 2 is 0.650 bits per heavy atom. The van der Waals surface area contributed by atoms with Crippen LogP contribution in [0, 0.1) is 0 Å². The Morgan fingerprint density at radius 1 is 0.287 bits per heavy atom. The van der Waals surface area contributed by atoms with Gasteiger partial charge in [0.25, 0.3) is 0 Å². The number of hydrogen-bond acceptors (Lipinski definition) is 10. The number of fused-ring (bicyclic) bond motifs is 4. The van der Waals surface area contributed by atoms with Gasteiger partial charge in [-0.2, -0.15) is 0 Å². The van der Waals surface area contributed by atoms with Gasteiger partial charge >= 0.3 is 0 Å². The van der Waals surface area contributed by atoms with Crippen LogP contribution in [0.5, 0.6) is 0 Å². The lowest BCUT2D eigenvalue weighted by Crippen LogP contribution is -2.58. The molecule has 0 spiro atoms. The number of para-hydroxylation sites is 4. The van der Waals surface area contributed by atoms with E-state index in [1.54, 1.807) is 24.8 Å². The minimum atomic E-state index is -2.20. The third kappa shape index (κ3) is 8.31. The predicted molar refractivity (Wildman–Crippen MR) is 330 cm³/mol. The molecule has 0 bridgehead atoms. The molecular weight excluding hydrogens is 1010 g/mol. The van der Waals surface area contributed by atoms with Crippen LogP contribution >= 0.6 is 0 Å². The van der Waals surface area contributed by atoms with Gasteiger partial charge in [0, 0.05) is 93.3 Å². The van der Waals surface area contributed by atoms with Crippen molar-refractivity contribution in [2.45, 2.75) is 26.2 Å². The Bertz CT molecular complexity index is 3840. The Morgan fingerprint density at radius 3 is 1.00 bits per heavy atom. The van der Waals surface area contributed by atoms with Gasteiger partial charge in [0.1, 0.15) is 16.1 Å². The molecule has 0 fully saturated rings. The molecule has 0 radical (unpaired) electrons. The highest BCUT2D eigenvalue weighted by Gasteiger charge is 2.41. The van der Waals surface area contributed by atoms with Gasteiger partial charge in [0.05, 0.1) is 45.5 Å². The van der Waals surface area contributed by atoms with Crippen molar-refractivity contribution in [3.05, 3.63) is 243 Å². The minimum absolute atomic E-state index is 0.567. The SMILES string of the molecule is C[Si]1(C)c2ccccc2N(c2cc(-c3cc(-c4ccccn4)nc(-c4cccnc4)n3)ccc2-c2ccc(-c3cc(-c4ccccn4)nc(-c4cccnc4)n3)cc2N2c3ccccc3[Si](C)(C)c3ccccc32)c2ccccc21. The van der Waals surface area contributed by atoms with Crippen LogP contribution in [0.25, 0.3) is 79.2 Å². The minimum Gasteiger partial charge on any atom is -0.310 e. The fourth-order valence-electron chi connectivity index (χ4n) is 11.8. The normalized spacial score (nSPS) is 13.7. The molecule has 0 unspecified atom stereocenters. The summed E-state index contributed by atoms with van der Waals surface area (Å²) < 4.78 is 0. The predicted octanol–water partition coefficient (Wildman–Crippen LogP) is 13.7. The number of nitrogens with zero attached hydrogens (tertiary/aromatic N) is 10. The first-order valence-corrected chi connectivity index (χ1v) is 32.9. The summed E-state index contributed by atoms with van der Waals surface area (Å²) in [5.41, 5.74) is 16.7.